The van der Waals surface area contributed by atoms with Crippen molar-refractivity contribution in [2.24, 2.45) is 13.0 Å². The molecule has 2 aliphatic heterocycles. The number of aryl methyl sites for hydroxylation is 1. The van der Waals surface area contributed by atoms with Crippen molar-refractivity contribution in [2.75, 3.05) is 32.7 Å². The second kappa shape index (κ2) is 8.60. The van der Waals surface area contributed by atoms with E-state index in [4.69, 9.17) is 0 Å². The Kier molecular flexibility index (Phi) is 6.39. The lowest BCUT2D eigenvalue weighted by atomic mass is 9.99. The quantitative estimate of drug-likeness (QED) is 0.648. The van der Waals surface area contributed by atoms with E-state index in [2.05, 4.69) is 10.4 Å². The van der Waals surface area contributed by atoms with Crippen LogP contribution in [0.3, 0.4) is 0 Å². The molecular weight excluding hydrogens is 382 g/mol. The minimum absolute atomic E-state index is 0.115. The molecule has 2 amide bonds. The summed E-state index contributed by atoms with van der Waals surface area (Å²) in [4.78, 5) is 26.1. The normalized spacial score (nSPS) is 21.3. The summed E-state index contributed by atoms with van der Waals surface area (Å²) in [6.07, 6.45) is 4.94. The first-order chi connectivity index (χ1) is 13.3. The molecule has 0 unspecified atom stereocenters. The molecule has 0 aromatic carbocycles. The molecule has 9 nitrogen and oxygen atoms in total. The van der Waals surface area contributed by atoms with Gasteiger partial charge in [-0.25, -0.2) is 8.42 Å². The Balaban J connectivity index is 1.52. The van der Waals surface area contributed by atoms with Crippen molar-refractivity contribution in [3.63, 3.8) is 0 Å². The number of piperidine rings is 1. The molecule has 3 heterocycles. The van der Waals surface area contributed by atoms with E-state index < -0.39 is 10.0 Å². The van der Waals surface area contributed by atoms with Crippen molar-refractivity contribution in [2.45, 2.75) is 43.9 Å². The van der Waals surface area contributed by atoms with Crippen molar-refractivity contribution >= 4 is 21.8 Å². The Labute approximate surface area is 166 Å². The van der Waals surface area contributed by atoms with Gasteiger partial charge in [0.05, 0.1) is 17.8 Å². The first-order valence-corrected chi connectivity index (χ1v) is 11.3. The summed E-state index contributed by atoms with van der Waals surface area (Å²) in [5.74, 6) is -0.283. The lowest BCUT2D eigenvalue weighted by molar-refractivity contribution is -0.127. The van der Waals surface area contributed by atoms with Gasteiger partial charge in [0.2, 0.25) is 21.8 Å². The zero-order valence-corrected chi connectivity index (χ0v) is 17.4. The van der Waals surface area contributed by atoms with E-state index in [9.17, 15) is 18.0 Å². The van der Waals surface area contributed by atoms with Crippen LogP contribution in [-0.4, -0.2) is 71.9 Å². The van der Waals surface area contributed by atoms with Crippen molar-refractivity contribution in [1.82, 2.24) is 24.3 Å². The third kappa shape index (κ3) is 4.38. The van der Waals surface area contributed by atoms with Gasteiger partial charge in [-0.1, -0.05) is 0 Å². The zero-order valence-electron chi connectivity index (χ0n) is 16.6. The first-order valence-electron chi connectivity index (χ1n) is 9.85. The van der Waals surface area contributed by atoms with Crippen LogP contribution < -0.4 is 5.32 Å². The summed E-state index contributed by atoms with van der Waals surface area (Å²) in [6.45, 7) is 4.28. The lowest BCUT2D eigenvalue weighted by Crippen LogP contribution is -2.45. The molecule has 0 spiro atoms. The summed E-state index contributed by atoms with van der Waals surface area (Å²) in [5, 5.41) is 6.93. The predicted molar refractivity (Wildman–Crippen MR) is 103 cm³/mol. The highest BCUT2D eigenvalue weighted by Gasteiger charge is 2.34. The Morgan fingerprint density at radius 2 is 2.11 bits per heavy atom. The fraction of sp³-hybridized carbons (Fsp3) is 0.722. The SMILES string of the molecule is Cc1c(S(=O)(=O)N2CCC[C@H](C(=O)NCCCN3CCCC3=O)C2)cnn1C. The maximum Gasteiger partial charge on any atom is 0.246 e. The van der Waals surface area contributed by atoms with Crippen LogP contribution in [0.5, 0.6) is 0 Å². The number of carbonyl (C=O) groups is 2. The molecular formula is C18H29N5O4S. The molecule has 0 aliphatic carbocycles. The van der Waals surface area contributed by atoms with E-state index in [1.165, 1.54) is 15.2 Å². The van der Waals surface area contributed by atoms with E-state index in [1.54, 1.807) is 14.0 Å². The Morgan fingerprint density at radius 1 is 1.32 bits per heavy atom. The van der Waals surface area contributed by atoms with Gasteiger partial charge in [0.25, 0.3) is 0 Å². The third-order valence-corrected chi connectivity index (χ3v) is 7.61. The summed E-state index contributed by atoms with van der Waals surface area (Å²) < 4.78 is 28.8. The Hall–Kier alpha value is -1.94. The third-order valence-electron chi connectivity index (χ3n) is 5.64. The maximum absolute atomic E-state index is 12.9. The smallest absolute Gasteiger partial charge is 0.246 e. The van der Waals surface area contributed by atoms with Gasteiger partial charge in [0.1, 0.15) is 4.90 Å². The van der Waals surface area contributed by atoms with Crippen LogP contribution in [0.2, 0.25) is 0 Å². The highest BCUT2D eigenvalue weighted by molar-refractivity contribution is 7.89. The van der Waals surface area contributed by atoms with E-state index in [0.29, 0.717) is 51.0 Å². The van der Waals surface area contributed by atoms with E-state index in [-0.39, 0.29) is 29.2 Å². The van der Waals surface area contributed by atoms with Gasteiger partial charge in [-0.2, -0.15) is 9.40 Å². The summed E-state index contributed by atoms with van der Waals surface area (Å²) in [5.41, 5.74) is 0.586. The van der Waals surface area contributed by atoms with Crippen LogP contribution in [0.1, 0.15) is 37.8 Å². The van der Waals surface area contributed by atoms with E-state index in [0.717, 1.165) is 13.0 Å². The number of nitrogens with one attached hydrogen (secondary N) is 1. The molecule has 156 valence electrons. The van der Waals surface area contributed by atoms with Crippen molar-refractivity contribution in [3.05, 3.63) is 11.9 Å². The summed E-state index contributed by atoms with van der Waals surface area (Å²) >= 11 is 0. The van der Waals surface area contributed by atoms with Gasteiger partial charge in [-0.15, -0.1) is 0 Å². The van der Waals surface area contributed by atoms with Gasteiger partial charge in [0, 0.05) is 46.2 Å². The number of hydrogen-bond donors (Lipinski definition) is 1. The lowest BCUT2D eigenvalue weighted by Gasteiger charge is -2.31. The number of sulfonamides is 1. The second-order valence-corrected chi connectivity index (χ2v) is 9.46. The molecule has 1 atom stereocenters. The first kappa shape index (κ1) is 20.8. The molecule has 28 heavy (non-hydrogen) atoms. The highest BCUT2D eigenvalue weighted by atomic mass is 32.2. The van der Waals surface area contributed by atoms with Gasteiger partial charge < -0.3 is 10.2 Å². The second-order valence-electron chi connectivity index (χ2n) is 7.55. The minimum Gasteiger partial charge on any atom is -0.356 e. The van der Waals surface area contributed by atoms with Crippen LogP contribution in [0.15, 0.2) is 11.1 Å². The number of likely N-dealkylation sites (tertiary alicyclic amines) is 1. The van der Waals surface area contributed by atoms with Crippen molar-refractivity contribution < 1.29 is 18.0 Å². The number of amides is 2. The highest BCUT2D eigenvalue weighted by Crippen LogP contribution is 2.25. The fourth-order valence-electron chi connectivity index (χ4n) is 3.81. The molecule has 0 saturated carbocycles. The maximum atomic E-state index is 12.9. The molecule has 1 aromatic heterocycles. The number of aromatic nitrogens is 2. The number of hydrogen-bond acceptors (Lipinski definition) is 5. The molecule has 2 aliphatic rings. The zero-order chi connectivity index (χ0) is 20.3. The van der Waals surface area contributed by atoms with Crippen LogP contribution in [-0.2, 0) is 26.7 Å². The number of carbonyl (C=O) groups excluding carboxylic acids is 2. The topological polar surface area (TPSA) is 105 Å². The summed E-state index contributed by atoms with van der Waals surface area (Å²) in [7, 11) is -1.95. The minimum atomic E-state index is -3.65. The Bertz CT molecular complexity index is 835. The molecule has 3 rings (SSSR count). The van der Waals surface area contributed by atoms with Gasteiger partial charge in [-0.05, 0) is 32.6 Å². The number of nitrogens with zero attached hydrogens (tertiary/aromatic N) is 4. The van der Waals surface area contributed by atoms with Gasteiger partial charge >= 0.3 is 0 Å². The molecule has 0 bridgehead atoms. The predicted octanol–water partition coefficient (Wildman–Crippen LogP) is 0.258. The molecule has 0 radical (unpaired) electrons. The average molecular weight is 412 g/mol. The molecule has 1 N–H and O–H groups in total. The van der Waals surface area contributed by atoms with Crippen LogP contribution in [0, 0.1) is 12.8 Å². The monoisotopic (exact) mass is 411 g/mol. The summed E-state index contributed by atoms with van der Waals surface area (Å²) in [6, 6.07) is 0. The van der Waals surface area contributed by atoms with Crippen LogP contribution in [0.25, 0.3) is 0 Å². The van der Waals surface area contributed by atoms with Crippen LogP contribution >= 0.6 is 0 Å². The van der Waals surface area contributed by atoms with E-state index in [1.807, 2.05) is 4.90 Å². The van der Waals surface area contributed by atoms with Gasteiger partial charge in [-0.3, -0.25) is 14.3 Å². The molecule has 1 aromatic rings. The van der Waals surface area contributed by atoms with Crippen molar-refractivity contribution in [1.29, 1.82) is 0 Å². The molecule has 2 saturated heterocycles. The van der Waals surface area contributed by atoms with Crippen LogP contribution in [0.4, 0.5) is 0 Å². The van der Waals surface area contributed by atoms with Crippen molar-refractivity contribution in [3.8, 4) is 0 Å². The molecule has 10 heteroatoms. The largest absolute Gasteiger partial charge is 0.356 e. The number of rotatable bonds is 7. The standard InChI is InChI=1S/C18H29N5O4S/c1-14-16(12-20-21(14)2)28(26,27)23-11-3-6-15(13-23)18(25)19-8-5-10-22-9-4-7-17(22)24/h12,15H,3-11,13H2,1-2H3,(H,19,25)/t15-/m0/s1. The molecule has 2 fully saturated rings. The Morgan fingerprint density at radius 3 is 2.75 bits per heavy atom. The fourth-order valence-corrected chi connectivity index (χ4v) is 5.52. The average Bonchev–Trinajstić information content (AvgIpc) is 3.24. The van der Waals surface area contributed by atoms with Gasteiger partial charge in [0.15, 0.2) is 0 Å². The van der Waals surface area contributed by atoms with E-state index >= 15 is 0 Å².